The number of ether oxygens (including phenoxy) is 1. The molecule has 0 aliphatic carbocycles. The third kappa shape index (κ3) is 4.46. The Kier molecular flexibility index (Phi) is 5.26. The lowest BCUT2D eigenvalue weighted by Crippen LogP contribution is -2.33. The Labute approximate surface area is 138 Å². The molecule has 132 valence electrons. The maximum atomic E-state index is 12.9. The van der Waals surface area contributed by atoms with Crippen LogP contribution in [0.4, 0.5) is 23.2 Å². The summed E-state index contributed by atoms with van der Waals surface area (Å²) in [5, 5.41) is 11.4. The van der Waals surface area contributed by atoms with Crippen LogP contribution in [0.25, 0.3) is 0 Å². The van der Waals surface area contributed by atoms with Gasteiger partial charge in [-0.3, -0.25) is 4.79 Å². The number of nitrogens with one attached hydrogen (secondary N) is 1. The van der Waals surface area contributed by atoms with E-state index >= 15 is 0 Å². The summed E-state index contributed by atoms with van der Waals surface area (Å²) in [6, 6.07) is 9.77. The van der Waals surface area contributed by atoms with E-state index in [2.05, 4.69) is 10.1 Å². The molecule has 0 aliphatic heterocycles. The first-order chi connectivity index (χ1) is 11.7. The maximum Gasteiger partial charge on any atom is 0.461 e. The van der Waals surface area contributed by atoms with E-state index in [9.17, 15) is 27.2 Å². The van der Waals surface area contributed by atoms with Crippen molar-refractivity contribution in [2.75, 3.05) is 5.32 Å². The van der Waals surface area contributed by atoms with E-state index in [1.807, 2.05) is 0 Å². The molecule has 0 unspecified atom stereocenters. The number of aromatic carboxylic acids is 1. The van der Waals surface area contributed by atoms with Crippen molar-refractivity contribution < 1.29 is 37.0 Å². The van der Waals surface area contributed by atoms with Crippen molar-refractivity contribution >= 4 is 17.6 Å². The van der Waals surface area contributed by atoms with E-state index in [4.69, 9.17) is 5.11 Å². The molecule has 0 radical (unpaired) electrons. The molecule has 0 saturated carbocycles. The average molecular weight is 357 g/mol. The van der Waals surface area contributed by atoms with E-state index in [0.717, 1.165) is 18.2 Å². The summed E-state index contributed by atoms with van der Waals surface area (Å²) in [5.74, 6) is -2.73. The Balaban J connectivity index is 2.21. The topological polar surface area (TPSA) is 75.6 Å². The third-order valence-electron chi connectivity index (χ3n) is 3.01. The Hall–Kier alpha value is -3.10. The molecule has 2 aromatic carbocycles. The first-order valence-electron chi connectivity index (χ1n) is 6.79. The number of hydrogen-bond donors (Lipinski definition) is 2. The smallest absolute Gasteiger partial charge is 0.461 e. The fourth-order valence-corrected chi connectivity index (χ4v) is 1.88. The number of amides is 1. The number of rotatable bonds is 6. The van der Waals surface area contributed by atoms with Crippen molar-refractivity contribution in [1.29, 1.82) is 0 Å². The van der Waals surface area contributed by atoms with Crippen LogP contribution in [0.5, 0.6) is 5.75 Å². The van der Waals surface area contributed by atoms with Crippen LogP contribution in [0.2, 0.25) is 0 Å². The Morgan fingerprint density at radius 2 is 1.76 bits per heavy atom. The molecule has 1 amide bonds. The molecule has 25 heavy (non-hydrogen) atoms. The zero-order valence-electron chi connectivity index (χ0n) is 12.4. The van der Waals surface area contributed by atoms with E-state index < -0.39 is 30.2 Å². The minimum atomic E-state index is -4.70. The second-order valence-electron chi connectivity index (χ2n) is 4.80. The molecular weight excluding hydrogens is 346 g/mol. The van der Waals surface area contributed by atoms with E-state index in [1.54, 1.807) is 0 Å². The van der Waals surface area contributed by atoms with Gasteiger partial charge in [0.2, 0.25) is 0 Å². The summed E-state index contributed by atoms with van der Waals surface area (Å²) in [7, 11) is 0. The molecule has 0 aromatic heterocycles. The minimum absolute atomic E-state index is 0.00997. The van der Waals surface area contributed by atoms with Gasteiger partial charge in [-0.2, -0.15) is 17.6 Å². The number of carboxylic acid groups (broad SMARTS) is 1. The van der Waals surface area contributed by atoms with Crippen LogP contribution in [0, 0.1) is 0 Å². The SMILES string of the molecule is O=C(Nc1ccccc1C(=O)O)c1cccc(OC(F)(F)C(F)F)c1. The highest BCUT2D eigenvalue weighted by atomic mass is 19.3. The number of carboxylic acids is 1. The number of alkyl halides is 4. The van der Waals surface area contributed by atoms with E-state index in [1.165, 1.54) is 30.3 Å². The van der Waals surface area contributed by atoms with Crippen molar-refractivity contribution in [2.24, 2.45) is 0 Å². The molecule has 2 N–H and O–H groups in total. The van der Waals surface area contributed by atoms with Gasteiger partial charge in [0.1, 0.15) is 5.75 Å². The lowest BCUT2D eigenvalue weighted by Gasteiger charge is -2.17. The predicted molar refractivity (Wildman–Crippen MR) is 79.4 cm³/mol. The van der Waals surface area contributed by atoms with E-state index in [-0.39, 0.29) is 16.8 Å². The number of halogens is 4. The van der Waals surface area contributed by atoms with Crippen molar-refractivity contribution in [3.63, 3.8) is 0 Å². The van der Waals surface area contributed by atoms with Crippen molar-refractivity contribution in [2.45, 2.75) is 12.5 Å². The van der Waals surface area contributed by atoms with Gasteiger partial charge in [0.25, 0.3) is 5.91 Å². The van der Waals surface area contributed by atoms with Crippen molar-refractivity contribution in [3.8, 4) is 5.75 Å². The molecule has 0 saturated heterocycles. The maximum absolute atomic E-state index is 12.9. The highest BCUT2D eigenvalue weighted by molar-refractivity contribution is 6.07. The molecule has 0 bridgehead atoms. The largest absolute Gasteiger partial charge is 0.478 e. The van der Waals surface area contributed by atoms with Gasteiger partial charge in [-0.1, -0.05) is 18.2 Å². The number of para-hydroxylation sites is 1. The average Bonchev–Trinajstić information content (AvgIpc) is 2.54. The summed E-state index contributed by atoms with van der Waals surface area (Å²) < 4.78 is 54.0. The van der Waals surface area contributed by atoms with Crippen molar-refractivity contribution in [1.82, 2.24) is 0 Å². The lowest BCUT2D eigenvalue weighted by atomic mass is 10.1. The normalized spacial score (nSPS) is 11.2. The fourth-order valence-electron chi connectivity index (χ4n) is 1.88. The van der Waals surface area contributed by atoms with Crippen LogP contribution < -0.4 is 10.1 Å². The first kappa shape index (κ1) is 18.2. The molecule has 9 heteroatoms. The predicted octanol–water partition coefficient (Wildman–Crippen LogP) is 3.87. The van der Waals surface area contributed by atoms with E-state index in [0.29, 0.717) is 0 Å². The summed E-state index contributed by atoms with van der Waals surface area (Å²) >= 11 is 0. The fraction of sp³-hybridized carbons (Fsp3) is 0.125. The van der Waals surface area contributed by atoms with Crippen LogP contribution in [-0.2, 0) is 0 Å². The molecule has 0 atom stereocenters. The monoisotopic (exact) mass is 357 g/mol. The highest BCUT2D eigenvalue weighted by Gasteiger charge is 2.44. The number of carbonyl (C=O) groups excluding carboxylic acids is 1. The van der Waals surface area contributed by atoms with Crippen LogP contribution in [-0.4, -0.2) is 29.5 Å². The second-order valence-corrected chi connectivity index (χ2v) is 4.80. The molecule has 0 aliphatic rings. The van der Waals surface area contributed by atoms with Crippen LogP contribution in [0.3, 0.4) is 0 Å². The zero-order valence-corrected chi connectivity index (χ0v) is 12.4. The van der Waals surface area contributed by atoms with Gasteiger partial charge in [0.15, 0.2) is 0 Å². The zero-order chi connectivity index (χ0) is 18.6. The molecule has 0 heterocycles. The van der Waals surface area contributed by atoms with Crippen LogP contribution in [0.15, 0.2) is 48.5 Å². The molecule has 2 aromatic rings. The highest BCUT2D eigenvalue weighted by Crippen LogP contribution is 2.28. The van der Waals surface area contributed by atoms with Crippen molar-refractivity contribution in [3.05, 3.63) is 59.7 Å². The molecule has 2 rings (SSSR count). The molecule has 0 spiro atoms. The second kappa shape index (κ2) is 7.20. The number of carbonyl (C=O) groups is 2. The van der Waals surface area contributed by atoms with Gasteiger partial charge < -0.3 is 15.2 Å². The summed E-state index contributed by atoms with van der Waals surface area (Å²) in [4.78, 5) is 23.2. The Morgan fingerprint density at radius 3 is 2.40 bits per heavy atom. The van der Waals surface area contributed by atoms with Crippen LogP contribution >= 0.6 is 0 Å². The van der Waals surface area contributed by atoms with Gasteiger partial charge >= 0.3 is 18.5 Å². The Bertz CT molecular complexity index is 795. The van der Waals surface area contributed by atoms with Gasteiger partial charge in [-0.25, -0.2) is 4.79 Å². The molecule has 0 fully saturated rings. The van der Waals surface area contributed by atoms with Gasteiger partial charge in [-0.05, 0) is 30.3 Å². The number of anilines is 1. The summed E-state index contributed by atoms with van der Waals surface area (Å²) in [6.45, 7) is 0. The molecular formula is C16H11F4NO4. The van der Waals surface area contributed by atoms with Gasteiger partial charge in [0, 0.05) is 5.56 Å². The van der Waals surface area contributed by atoms with Gasteiger partial charge in [0.05, 0.1) is 11.3 Å². The summed E-state index contributed by atoms with van der Waals surface area (Å²) in [6.07, 6.45) is -8.74. The quantitative estimate of drug-likeness (QED) is 0.770. The first-order valence-corrected chi connectivity index (χ1v) is 6.79. The minimum Gasteiger partial charge on any atom is -0.478 e. The molecule has 5 nitrogen and oxygen atoms in total. The standard InChI is InChI=1S/C16H11F4NO4/c17-15(18)16(19,20)25-10-5-3-4-9(8-10)13(22)21-12-7-2-1-6-11(12)14(23)24/h1-8,15H,(H,21,22)(H,23,24). The Morgan fingerprint density at radius 1 is 1.08 bits per heavy atom. The summed E-state index contributed by atoms with van der Waals surface area (Å²) in [5.41, 5.74) is -0.362. The van der Waals surface area contributed by atoms with Crippen LogP contribution in [0.1, 0.15) is 20.7 Å². The van der Waals surface area contributed by atoms with Gasteiger partial charge in [-0.15, -0.1) is 0 Å². The lowest BCUT2D eigenvalue weighted by molar-refractivity contribution is -0.253. The third-order valence-corrected chi connectivity index (χ3v) is 3.01. The number of hydrogen-bond acceptors (Lipinski definition) is 3. The number of benzene rings is 2.